The summed E-state index contributed by atoms with van der Waals surface area (Å²) in [5.41, 5.74) is 2.74. The van der Waals surface area contributed by atoms with Gasteiger partial charge in [-0.05, 0) is 67.1 Å². The van der Waals surface area contributed by atoms with Crippen molar-refractivity contribution in [1.29, 1.82) is 0 Å². The van der Waals surface area contributed by atoms with Gasteiger partial charge in [0.05, 0.1) is 11.3 Å². The zero-order valence-electron chi connectivity index (χ0n) is 17.3. The number of aryl methyl sites for hydroxylation is 1. The van der Waals surface area contributed by atoms with Crippen LogP contribution in [0.25, 0.3) is 0 Å². The molecule has 1 aliphatic rings. The lowest BCUT2D eigenvalue weighted by molar-refractivity contribution is 0.0713. The number of hydrogen-bond donors (Lipinski definition) is 1. The van der Waals surface area contributed by atoms with E-state index in [9.17, 15) is 13.6 Å². The van der Waals surface area contributed by atoms with E-state index in [4.69, 9.17) is 23.2 Å². The Kier molecular flexibility index (Phi) is 6.63. The predicted molar refractivity (Wildman–Crippen MR) is 123 cm³/mol. The van der Waals surface area contributed by atoms with Crippen molar-refractivity contribution in [3.8, 4) is 0 Å². The van der Waals surface area contributed by atoms with Gasteiger partial charge in [-0.25, -0.2) is 13.8 Å². The number of piperidine rings is 1. The van der Waals surface area contributed by atoms with Crippen LogP contribution in [-0.2, 0) is 0 Å². The van der Waals surface area contributed by atoms with Crippen molar-refractivity contribution in [3.05, 3.63) is 87.2 Å². The largest absolute Gasteiger partial charge is 0.354 e. The van der Waals surface area contributed by atoms with E-state index < -0.39 is 0 Å². The van der Waals surface area contributed by atoms with Crippen molar-refractivity contribution in [2.75, 3.05) is 18.4 Å². The maximum absolute atomic E-state index is 13.6. The Morgan fingerprint density at radius 2 is 1.78 bits per heavy atom. The molecular formula is C24H21Cl2F2N3O. The van der Waals surface area contributed by atoms with Crippen molar-refractivity contribution < 1.29 is 13.6 Å². The summed E-state index contributed by atoms with van der Waals surface area (Å²) in [6.07, 6.45) is 2.94. The number of carbonyl (C=O) groups is 1. The molecule has 1 aromatic heterocycles. The van der Waals surface area contributed by atoms with Crippen LogP contribution in [0, 0.1) is 18.6 Å². The summed E-state index contributed by atoms with van der Waals surface area (Å²) in [6.45, 7) is 2.76. The van der Waals surface area contributed by atoms with Gasteiger partial charge in [-0.2, -0.15) is 0 Å². The van der Waals surface area contributed by atoms with Crippen LogP contribution in [0.3, 0.4) is 0 Å². The highest BCUT2D eigenvalue weighted by Gasteiger charge is 2.27. The van der Waals surface area contributed by atoms with Crippen LogP contribution in [0.5, 0.6) is 0 Å². The second kappa shape index (κ2) is 9.43. The Morgan fingerprint density at radius 3 is 2.44 bits per heavy atom. The number of hydrogen-bond acceptors (Lipinski definition) is 3. The van der Waals surface area contributed by atoms with E-state index in [2.05, 4.69) is 10.3 Å². The van der Waals surface area contributed by atoms with Crippen LogP contribution < -0.4 is 5.32 Å². The third-order valence-corrected chi connectivity index (χ3v) is 6.51. The number of nitrogens with zero attached hydrogens (tertiary/aromatic N) is 2. The average Bonchev–Trinajstić information content (AvgIpc) is 2.80. The second-order valence-corrected chi connectivity index (χ2v) is 8.59. The minimum absolute atomic E-state index is 0.0690. The van der Waals surface area contributed by atoms with Gasteiger partial charge in [0.2, 0.25) is 0 Å². The Morgan fingerprint density at radius 1 is 1.09 bits per heavy atom. The zero-order chi connectivity index (χ0) is 22.8. The fourth-order valence-corrected chi connectivity index (χ4v) is 4.28. The zero-order valence-corrected chi connectivity index (χ0v) is 18.9. The molecule has 1 amide bonds. The molecule has 1 saturated heterocycles. The number of carbonyl (C=O) groups excluding carboxylic acids is 1. The molecule has 0 aliphatic carbocycles. The van der Waals surface area contributed by atoms with Gasteiger partial charge in [0.25, 0.3) is 5.91 Å². The topological polar surface area (TPSA) is 45.2 Å². The fourth-order valence-electron chi connectivity index (χ4n) is 3.94. The molecule has 1 N–H and O–H groups in total. The molecule has 32 heavy (non-hydrogen) atoms. The number of amides is 1. The van der Waals surface area contributed by atoms with Gasteiger partial charge in [-0.1, -0.05) is 35.3 Å². The minimum atomic E-state index is -0.324. The summed E-state index contributed by atoms with van der Waals surface area (Å²) >= 11 is 12.5. The van der Waals surface area contributed by atoms with Gasteiger partial charge in [0, 0.05) is 25.0 Å². The number of anilines is 2. The molecule has 0 bridgehead atoms. The predicted octanol–water partition coefficient (Wildman–Crippen LogP) is 6.74. The summed E-state index contributed by atoms with van der Waals surface area (Å²) in [5.74, 6) is -0.527. The van der Waals surface area contributed by atoms with Crippen molar-refractivity contribution in [2.24, 2.45) is 0 Å². The first kappa shape index (κ1) is 22.5. The number of nitrogens with one attached hydrogen (secondary N) is 1. The van der Waals surface area contributed by atoms with Crippen LogP contribution in [0.4, 0.5) is 20.2 Å². The minimum Gasteiger partial charge on any atom is -0.354 e. The molecule has 0 radical (unpaired) electrons. The Bertz CT molecular complexity index is 1150. The molecule has 2 aromatic carbocycles. The molecular weight excluding hydrogens is 455 g/mol. The van der Waals surface area contributed by atoms with E-state index in [1.54, 1.807) is 36.1 Å². The molecule has 0 atom stereocenters. The number of likely N-dealkylation sites (tertiary alicyclic amines) is 1. The van der Waals surface area contributed by atoms with Crippen molar-refractivity contribution in [2.45, 2.75) is 25.7 Å². The molecule has 0 saturated carbocycles. The van der Waals surface area contributed by atoms with Crippen LogP contribution >= 0.6 is 23.2 Å². The lowest BCUT2D eigenvalue weighted by atomic mass is 9.89. The standard InChI is InChI=1S/C24H21Cl2F2N3O/c1-14-12-18(6-7-20(14)28)30-22-19(13-29-23(26)21(22)25)24(32)31-10-8-16(9-11-31)15-2-4-17(27)5-3-15/h2-7,12-13,16H,8-11H2,1H3,(H,29,30). The third kappa shape index (κ3) is 4.71. The van der Waals surface area contributed by atoms with Gasteiger partial charge in [0.15, 0.2) is 0 Å². The molecule has 2 heterocycles. The van der Waals surface area contributed by atoms with Crippen molar-refractivity contribution in [1.82, 2.24) is 9.88 Å². The van der Waals surface area contributed by atoms with Crippen LogP contribution in [0.1, 0.15) is 40.2 Å². The van der Waals surface area contributed by atoms with E-state index in [0.717, 1.165) is 18.4 Å². The van der Waals surface area contributed by atoms with Crippen molar-refractivity contribution >= 4 is 40.5 Å². The number of benzene rings is 2. The lowest BCUT2D eigenvalue weighted by Crippen LogP contribution is -2.38. The summed E-state index contributed by atoms with van der Waals surface area (Å²) in [7, 11) is 0. The Labute approximate surface area is 195 Å². The highest BCUT2D eigenvalue weighted by Crippen LogP contribution is 2.36. The molecule has 1 aliphatic heterocycles. The van der Waals surface area contributed by atoms with E-state index in [1.807, 2.05) is 0 Å². The quantitative estimate of drug-likeness (QED) is 0.425. The van der Waals surface area contributed by atoms with Gasteiger partial charge < -0.3 is 10.2 Å². The van der Waals surface area contributed by atoms with Crippen LogP contribution in [0.2, 0.25) is 10.2 Å². The highest BCUT2D eigenvalue weighted by molar-refractivity contribution is 6.43. The fraction of sp³-hybridized carbons (Fsp3) is 0.250. The maximum Gasteiger partial charge on any atom is 0.257 e. The molecule has 0 spiro atoms. The lowest BCUT2D eigenvalue weighted by Gasteiger charge is -2.32. The van der Waals surface area contributed by atoms with Crippen molar-refractivity contribution in [3.63, 3.8) is 0 Å². The Hall–Kier alpha value is -2.70. The maximum atomic E-state index is 13.6. The van der Waals surface area contributed by atoms with Gasteiger partial charge in [-0.15, -0.1) is 0 Å². The molecule has 1 fully saturated rings. The molecule has 3 aromatic rings. The molecule has 4 nitrogen and oxygen atoms in total. The van der Waals surface area contributed by atoms with E-state index >= 15 is 0 Å². The number of aromatic nitrogens is 1. The van der Waals surface area contributed by atoms with E-state index in [1.165, 1.54) is 24.4 Å². The van der Waals surface area contributed by atoms with Gasteiger partial charge in [-0.3, -0.25) is 4.79 Å². The highest BCUT2D eigenvalue weighted by atomic mass is 35.5. The first-order valence-corrected chi connectivity index (χ1v) is 11.0. The Balaban J connectivity index is 1.54. The molecule has 0 unspecified atom stereocenters. The van der Waals surface area contributed by atoms with E-state index in [-0.39, 0.29) is 33.6 Å². The van der Waals surface area contributed by atoms with Gasteiger partial charge in [0.1, 0.15) is 21.8 Å². The number of rotatable bonds is 4. The smallest absolute Gasteiger partial charge is 0.257 e. The van der Waals surface area contributed by atoms with E-state index in [0.29, 0.717) is 35.6 Å². The molecule has 166 valence electrons. The third-order valence-electron chi connectivity index (χ3n) is 5.76. The summed E-state index contributed by atoms with van der Waals surface area (Å²) < 4.78 is 26.8. The molecule has 4 rings (SSSR count). The second-order valence-electron chi connectivity index (χ2n) is 7.86. The normalized spacial score (nSPS) is 14.5. The monoisotopic (exact) mass is 475 g/mol. The first-order valence-electron chi connectivity index (χ1n) is 10.3. The molecule has 8 heteroatoms. The summed E-state index contributed by atoms with van der Waals surface area (Å²) in [6, 6.07) is 11.1. The average molecular weight is 476 g/mol. The van der Waals surface area contributed by atoms with Crippen LogP contribution in [-0.4, -0.2) is 28.9 Å². The summed E-state index contributed by atoms with van der Waals surface area (Å²) in [4.78, 5) is 19.1. The summed E-state index contributed by atoms with van der Waals surface area (Å²) in [5, 5.41) is 3.30. The van der Waals surface area contributed by atoms with Crippen LogP contribution in [0.15, 0.2) is 48.7 Å². The SMILES string of the molecule is Cc1cc(Nc2c(C(=O)N3CCC(c4ccc(F)cc4)CC3)cnc(Cl)c2Cl)ccc1F. The van der Waals surface area contributed by atoms with Gasteiger partial charge >= 0.3 is 0 Å². The number of halogens is 4. The first-order chi connectivity index (χ1) is 15.3. The number of pyridine rings is 1.